The summed E-state index contributed by atoms with van der Waals surface area (Å²) in [6, 6.07) is 65.7. The molecule has 0 fully saturated rings. The van der Waals surface area contributed by atoms with E-state index in [9.17, 15) is 0 Å². The van der Waals surface area contributed by atoms with E-state index >= 15 is 13.2 Å². The van der Waals surface area contributed by atoms with Crippen LogP contribution in [0.1, 0.15) is 5.56 Å². The number of hydrogen-bond acceptors (Lipinski definition) is 2. The van der Waals surface area contributed by atoms with Crippen molar-refractivity contribution >= 4 is 49.3 Å². The van der Waals surface area contributed by atoms with Crippen LogP contribution in [-0.2, 0) is 6.18 Å². The highest BCUT2D eigenvalue weighted by atomic mass is 19.4. The van der Waals surface area contributed by atoms with Crippen LogP contribution in [0, 0.1) is 6.57 Å². The molecule has 12 rings (SSSR count). The Bertz CT molecular complexity index is 3970. The van der Waals surface area contributed by atoms with Gasteiger partial charge >= 0.3 is 6.18 Å². The van der Waals surface area contributed by atoms with E-state index in [-0.39, 0.29) is 16.8 Å². The van der Waals surface area contributed by atoms with Gasteiger partial charge in [-0.15, -0.1) is 0 Å². The van der Waals surface area contributed by atoms with Crippen molar-refractivity contribution in [3.63, 3.8) is 0 Å². The third kappa shape index (κ3) is 6.71. The van der Waals surface area contributed by atoms with Crippen LogP contribution < -0.4 is 0 Å². The summed E-state index contributed by atoms with van der Waals surface area (Å²) < 4.78 is 49.6. The normalized spacial score (nSPS) is 11.7. The highest BCUT2D eigenvalue weighted by Crippen LogP contribution is 2.49. The zero-order chi connectivity index (χ0) is 45.9. The lowest BCUT2D eigenvalue weighted by molar-refractivity contribution is -0.137. The van der Waals surface area contributed by atoms with Gasteiger partial charge in [0.15, 0.2) is 0 Å². The van der Waals surface area contributed by atoms with E-state index in [2.05, 4.69) is 67.9 Å². The number of alkyl halides is 3. The maximum atomic E-state index is 15.2. The molecule has 0 spiro atoms. The first-order chi connectivity index (χ1) is 33.3. The number of halogens is 3. The molecule has 0 saturated heterocycles. The first-order valence-corrected chi connectivity index (χ1v) is 22.2. The second-order valence-electron chi connectivity index (χ2n) is 16.7. The van der Waals surface area contributed by atoms with E-state index in [1.165, 1.54) is 12.1 Å². The molecule has 0 unspecified atom stereocenters. The lowest BCUT2D eigenvalue weighted by atomic mass is 9.95. The van der Waals surface area contributed by atoms with E-state index in [0.29, 0.717) is 11.4 Å². The van der Waals surface area contributed by atoms with Crippen LogP contribution in [0.15, 0.2) is 219 Å². The number of para-hydroxylation sites is 2. The van der Waals surface area contributed by atoms with E-state index in [1.54, 1.807) is 24.4 Å². The van der Waals surface area contributed by atoms with Crippen molar-refractivity contribution in [1.29, 1.82) is 0 Å². The Morgan fingerprint density at radius 1 is 0.397 bits per heavy atom. The third-order valence-corrected chi connectivity index (χ3v) is 12.9. The highest BCUT2D eigenvalue weighted by molar-refractivity contribution is 6.13. The van der Waals surface area contributed by atoms with Crippen molar-refractivity contribution in [3.8, 4) is 67.3 Å². The van der Waals surface area contributed by atoms with Crippen LogP contribution in [0.3, 0.4) is 0 Å². The Morgan fingerprint density at radius 3 is 1.43 bits per heavy atom. The average molecular weight is 884 g/mol. The molecule has 5 nitrogen and oxygen atoms in total. The molecule has 0 bridgehead atoms. The quantitative estimate of drug-likeness (QED) is 0.150. The van der Waals surface area contributed by atoms with Crippen LogP contribution in [0.5, 0.6) is 0 Å². The van der Waals surface area contributed by atoms with E-state index in [1.807, 2.05) is 132 Å². The van der Waals surface area contributed by atoms with Gasteiger partial charge in [0.1, 0.15) is 0 Å². The molecule has 0 radical (unpaired) electrons. The Labute approximate surface area is 389 Å². The smallest absolute Gasteiger partial charge is 0.319 e. The van der Waals surface area contributed by atoms with Crippen molar-refractivity contribution in [2.45, 2.75) is 6.18 Å². The number of rotatable bonds is 7. The standard InChI is InChI=1S/C60H36F3N5/c1-64-58-55(67-53-22-12-9-19-45(53)47-26-24-40(36-56(47)67)42-30-32-65-51(34-42)38-14-4-2-5-15-38)29-28-49(44-18-8-11-21-50(44)60(61,62)63)59(58)68-54-23-13-10-20-46(54)48-27-25-41(37-57(48)68)43-31-33-66-52(35-43)39-16-6-3-7-17-39/h2-37H. The fraction of sp³-hybridized carbons (Fsp3) is 0.0167. The molecule has 0 saturated carbocycles. The first-order valence-electron chi connectivity index (χ1n) is 22.2. The molecule has 0 amide bonds. The van der Waals surface area contributed by atoms with E-state index < -0.39 is 11.7 Å². The van der Waals surface area contributed by atoms with Gasteiger partial charge in [-0.1, -0.05) is 146 Å². The summed E-state index contributed by atoms with van der Waals surface area (Å²) in [6.07, 6.45) is -1.07. The number of nitrogens with zero attached hydrogens (tertiary/aromatic N) is 5. The van der Waals surface area contributed by atoms with Gasteiger partial charge in [0.25, 0.3) is 0 Å². The van der Waals surface area contributed by atoms with Crippen LogP contribution in [0.25, 0.3) is 116 Å². The van der Waals surface area contributed by atoms with Crippen LogP contribution >= 0.6 is 0 Å². The van der Waals surface area contributed by atoms with Gasteiger partial charge in [0.05, 0.1) is 57.0 Å². The predicted molar refractivity (Wildman–Crippen MR) is 269 cm³/mol. The topological polar surface area (TPSA) is 40.0 Å². The maximum absolute atomic E-state index is 15.2. The van der Waals surface area contributed by atoms with Gasteiger partial charge < -0.3 is 9.13 Å². The molecule has 68 heavy (non-hydrogen) atoms. The summed E-state index contributed by atoms with van der Waals surface area (Å²) in [5.74, 6) is 0. The second-order valence-corrected chi connectivity index (χ2v) is 16.7. The average Bonchev–Trinajstić information content (AvgIpc) is 3.90. The van der Waals surface area contributed by atoms with Crippen LogP contribution in [0.2, 0.25) is 0 Å². The predicted octanol–water partition coefficient (Wildman–Crippen LogP) is 16.6. The van der Waals surface area contributed by atoms with Crippen molar-refractivity contribution in [3.05, 3.63) is 236 Å². The summed E-state index contributed by atoms with van der Waals surface area (Å²) >= 11 is 0. The summed E-state index contributed by atoms with van der Waals surface area (Å²) in [5, 5.41) is 3.75. The van der Waals surface area contributed by atoms with Crippen molar-refractivity contribution in [2.75, 3.05) is 0 Å². The Balaban J connectivity index is 1.16. The lowest BCUT2D eigenvalue weighted by Crippen LogP contribution is -2.09. The molecular weight excluding hydrogens is 848 g/mol. The molecule has 0 N–H and O–H groups in total. The number of hydrogen-bond donors (Lipinski definition) is 0. The number of pyridine rings is 2. The van der Waals surface area contributed by atoms with Gasteiger partial charge in [0.2, 0.25) is 5.69 Å². The Hall–Kier alpha value is -9.06. The Morgan fingerprint density at radius 2 is 0.868 bits per heavy atom. The molecule has 8 heteroatoms. The van der Waals surface area contributed by atoms with Gasteiger partial charge in [-0.25, -0.2) is 4.85 Å². The largest absolute Gasteiger partial charge is 0.417 e. The zero-order valence-corrected chi connectivity index (χ0v) is 36.2. The fourth-order valence-electron chi connectivity index (χ4n) is 9.82. The van der Waals surface area contributed by atoms with Crippen LogP contribution in [0.4, 0.5) is 18.9 Å². The molecule has 4 aromatic heterocycles. The minimum Gasteiger partial charge on any atom is -0.319 e. The van der Waals surface area contributed by atoms with E-state index in [4.69, 9.17) is 6.57 Å². The first kappa shape index (κ1) is 40.4. The van der Waals surface area contributed by atoms with Gasteiger partial charge in [-0.3, -0.25) is 9.97 Å². The van der Waals surface area contributed by atoms with Gasteiger partial charge in [0, 0.05) is 45.1 Å². The zero-order valence-electron chi connectivity index (χ0n) is 36.2. The minimum absolute atomic E-state index is 0.0217. The molecule has 8 aromatic carbocycles. The van der Waals surface area contributed by atoms with Crippen molar-refractivity contribution in [2.24, 2.45) is 0 Å². The molecule has 0 aliphatic carbocycles. The highest BCUT2D eigenvalue weighted by Gasteiger charge is 2.35. The number of aromatic nitrogens is 4. The molecule has 0 aliphatic heterocycles. The summed E-state index contributed by atoms with van der Waals surface area (Å²) in [7, 11) is 0. The summed E-state index contributed by atoms with van der Waals surface area (Å²) in [4.78, 5) is 13.7. The summed E-state index contributed by atoms with van der Waals surface area (Å²) in [6.45, 7) is 9.12. The molecule has 12 aromatic rings. The summed E-state index contributed by atoms with van der Waals surface area (Å²) in [5.41, 5.74) is 11.1. The van der Waals surface area contributed by atoms with E-state index in [0.717, 1.165) is 94.4 Å². The Kier molecular flexibility index (Phi) is 9.59. The number of fused-ring (bicyclic) bond motifs is 6. The molecular formula is C60H36F3N5. The molecule has 4 heterocycles. The lowest BCUT2D eigenvalue weighted by Gasteiger charge is -2.22. The second kappa shape index (κ2) is 16.1. The fourth-order valence-corrected chi connectivity index (χ4v) is 9.82. The van der Waals surface area contributed by atoms with Crippen molar-refractivity contribution in [1.82, 2.24) is 19.1 Å². The minimum atomic E-state index is -4.67. The molecule has 0 atom stereocenters. The molecule has 322 valence electrons. The van der Waals surface area contributed by atoms with Gasteiger partial charge in [-0.2, -0.15) is 13.2 Å². The van der Waals surface area contributed by atoms with Crippen molar-refractivity contribution < 1.29 is 13.2 Å². The molecule has 0 aliphatic rings. The number of benzene rings is 8. The monoisotopic (exact) mass is 883 g/mol. The SMILES string of the molecule is [C-]#[N+]c1c(-n2c3ccccc3c3ccc(-c4ccnc(-c5ccccc5)c4)cc32)ccc(-c2ccccc2C(F)(F)F)c1-n1c2ccccc2c2ccc(-c3ccnc(-c4ccccc4)c3)cc21. The van der Waals surface area contributed by atoms with Gasteiger partial charge in [-0.05, 0) is 94.0 Å². The third-order valence-electron chi connectivity index (χ3n) is 12.9. The maximum Gasteiger partial charge on any atom is 0.417 e. The van der Waals surface area contributed by atoms with Crippen LogP contribution in [-0.4, -0.2) is 19.1 Å².